The average molecular weight is 327 g/mol. The minimum absolute atomic E-state index is 0.00764. The van der Waals surface area contributed by atoms with Crippen molar-refractivity contribution in [3.63, 3.8) is 0 Å². The van der Waals surface area contributed by atoms with Gasteiger partial charge in [0.1, 0.15) is 5.75 Å². The molecule has 1 aromatic rings. The number of nitrogens with zero attached hydrogens (tertiary/aromatic N) is 1. The van der Waals surface area contributed by atoms with E-state index in [4.69, 9.17) is 4.74 Å². The summed E-state index contributed by atoms with van der Waals surface area (Å²) in [6.45, 7) is 1.57. The van der Waals surface area contributed by atoms with E-state index < -0.39 is 10.0 Å². The first-order valence-corrected chi connectivity index (χ1v) is 8.01. The lowest BCUT2D eigenvalue weighted by Gasteiger charge is -2.26. The summed E-state index contributed by atoms with van der Waals surface area (Å²) in [5.74, 6) is -0.332. The molecule has 9 heteroatoms. The number of ether oxygens (including phenoxy) is 1. The molecule has 22 heavy (non-hydrogen) atoms. The molecule has 0 aliphatic carbocycles. The first-order valence-electron chi connectivity index (χ1n) is 6.57. The van der Waals surface area contributed by atoms with E-state index in [1.54, 1.807) is 0 Å². The van der Waals surface area contributed by atoms with Gasteiger partial charge in [-0.15, -0.1) is 0 Å². The van der Waals surface area contributed by atoms with Gasteiger partial charge >= 0.3 is 0 Å². The van der Waals surface area contributed by atoms with Gasteiger partial charge in [-0.05, 0) is 18.2 Å². The fourth-order valence-corrected chi connectivity index (χ4v) is 3.53. The average Bonchev–Trinajstić information content (AvgIpc) is 2.46. The van der Waals surface area contributed by atoms with E-state index in [2.05, 4.69) is 10.6 Å². The number of carbonyl (C=O) groups is 2. The Morgan fingerprint density at radius 3 is 2.73 bits per heavy atom. The van der Waals surface area contributed by atoms with Gasteiger partial charge in [0, 0.05) is 20.0 Å². The number of sulfonamides is 1. The molecule has 120 valence electrons. The molecule has 0 radical (unpaired) electrons. The van der Waals surface area contributed by atoms with Gasteiger partial charge in [0.15, 0.2) is 0 Å². The highest BCUT2D eigenvalue weighted by atomic mass is 32.2. The molecule has 1 saturated heterocycles. The molecule has 0 atom stereocenters. The SMILES string of the molecule is COc1ccc(S(=O)(=O)N2CCNC(=O)C2)cc1NC(C)=O. The number of benzene rings is 1. The maximum Gasteiger partial charge on any atom is 0.243 e. The predicted molar refractivity (Wildman–Crippen MR) is 79.1 cm³/mol. The van der Waals surface area contributed by atoms with Crippen molar-refractivity contribution in [1.29, 1.82) is 0 Å². The molecule has 1 aliphatic rings. The van der Waals surface area contributed by atoms with E-state index in [9.17, 15) is 18.0 Å². The first kappa shape index (κ1) is 16.2. The molecule has 1 fully saturated rings. The van der Waals surface area contributed by atoms with Crippen molar-refractivity contribution in [1.82, 2.24) is 9.62 Å². The van der Waals surface area contributed by atoms with Gasteiger partial charge in [0.25, 0.3) is 0 Å². The molecule has 1 heterocycles. The van der Waals surface area contributed by atoms with Crippen LogP contribution in [0.2, 0.25) is 0 Å². The van der Waals surface area contributed by atoms with Crippen LogP contribution in [-0.4, -0.2) is 51.3 Å². The summed E-state index contributed by atoms with van der Waals surface area (Å²) >= 11 is 0. The lowest BCUT2D eigenvalue weighted by Crippen LogP contribution is -2.49. The summed E-state index contributed by atoms with van der Waals surface area (Å²) < 4.78 is 31.3. The summed E-state index contributed by atoms with van der Waals surface area (Å²) in [5.41, 5.74) is 0.262. The fourth-order valence-electron chi connectivity index (χ4n) is 2.10. The van der Waals surface area contributed by atoms with Gasteiger partial charge in [-0.2, -0.15) is 4.31 Å². The van der Waals surface area contributed by atoms with Gasteiger partial charge < -0.3 is 15.4 Å². The highest BCUT2D eigenvalue weighted by Crippen LogP contribution is 2.29. The van der Waals surface area contributed by atoms with E-state index in [1.165, 1.54) is 32.2 Å². The van der Waals surface area contributed by atoms with Crippen molar-refractivity contribution in [3.8, 4) is 5.75 Å². The number of amides is 2. The van der Waals surface area contributed by atoms with Gasteiger partial charge in [-0.3, -0.25) is 9.59 Å². The minimum Gasteiger partial charge on any atom is -0.495 e. The van der Waals surface area contributed by atoms with E-state index in [0.29, 0.717) is 5.75 Å². The normalized spacial score (nSPS) is 16.0. The summed E-state index contributed by atoms with van der Waals surface area (Å²) in [5, 5.41) is 5.09. The van der Waals surface area contributed by atoms with Crippen LogP contribution in [0.5, 0.6) is 5.75 Å². The Bertz CT molecular complexity index is 702. The van der Waals surface area contributed by atoms with Crippen LogP contribution in [0.3, 0.4) is 0 Å². The van der Waals surface area contributed by atoms with E-state index >= 15 is 0 Å². The molecule has 2 rings (SSSR count). The van der Waals surface area contributed by atoms with Crippen LogP contribution >= 0.6 is 0 Å². The second-order valence-corrected chi connectivity index (χ2v) is 6.67. The van der Waals surface area contributed by atoms with Crippen LogP contribution in [0.4, 0.5) is 5.69 Å². The van der Waals surface area contributed by atoms with Crippen molar-refractivity contribution in [3.05, 3.63) is 18.2 Å². The quantitative estimate of drug-likeness (QED) is 0.795. The molecule has 0 saturated carbocycles. The van der Waals surface area contributed by atoms with Crippen molar-refractivity contribution in [2.45, 2.75) is 11.8 Å². The van der Waals surface area contributed by atoms with Crippen LogP contribution in [-0.2, 0) is 19.6 Å². The van der Waals surface area contributed by atoms with Crippen LogP contribution in [0, 0.1) is 0 Å². The Labute approximate surface area is 128 Å². The second-order valence-electron chi connectivity index (χ2n) is 4.73. The monoisotopic (exact) mass is 327 g/mol. The number of methoxy groups -OCH3 is 1. The molecule has 8 nitrogen and oxygen atoms in total. The van der Waals surface area contributed by atoms with Gasteiger partial charge in [0.05, 0.1) is 24.2 Å². The molecule has 0 spiro atoms. The first-order chi connectivity index (χ1) is 10.3. The zero-order valence-corrected chi connectivity index (χ0v) is 13.1. The number of nitrogens with one attached hydrogen (secondary N) is 2. The molecule has 0 aromatic heterocycles. The lowest BCUT2D eigenvalue weighted by molar-refractivity contribution is -0.122. The predicted octanol–water partition coefficient (Wildman–Crippen LogP) is -0.226. The molecule has 2 N–H and O–H groups in total. The standard InChI is InChI=1S/C13H17N3O5S/c1-9(17)15-11-7-10(3-4-12(11)21-2)22(19,20)16-6-5-14-13(18)8-16/h3-4,7H,5-6,8H2,1-2H3,(H,14,18)(H,15,17). The molecule has 1 aromatic carbocycles. The van der Waals surface area contributed by atoms with Gasteiger partial charge in [-0.1, -0.05) is 0 Å². The second kappa shape index (κ2) is 6.32. The third kappa shape index (κ3) is 3.37. The Morgan fingerprint density at radius 2 is 2.14 bits per heavy atom. The van der Waals surface area contributed by atoms with Crippen molar-refractivity contribution in [2.24, 2.45) is 0 Å². The topological polar surface area (TPSA) is 105 Å². The van der Waals surface area contributed by atoms with Crippen LogP contribution in [0.1, 0.15) is 6.92 Å². The number of hydrogen-bond acceptors (Lipinski definition) is 5. The molecule has 1 aliphatic heterocycles. The van der Waals surface area contributed by atoms with E-state index in [-0.39, 0.29) is 42.0 Å². The minimum atomic E-state index is -3.81. The number of anilines is 1. The van der Waals surface area contributed by atoms with Crippen LogP contribution in [0.15, 0.2) is 23.1 Å². The highest BCUT2D eigenvalue weighted by molar-refractivity contribution is 7.89. The molecular formula is C13H17N3O5S. The van der Waals surface area contributed by atoms with Crippen LogP contribution < -0.4 is 15.4 Å². The Morgan fingerprint density at radius 1 is 1.41 bits per heavy atom. The zero-order valence-electron chi connectivity index (χ0n) is 12.3. The Hall–Kier alpha value is -2.13. The summed E-state index contributed by atoms with van der Waals surface area (Å²) in [6, 6.07) is 4.16. The third-order valence-electron chi connectivity index (χ3n) is 3.12. The van der Waals surface area contributed by atoms with Gasteiger partial charge in [-0.25, -0.2) is 8.42 Å². The summed E-state index contributed by atoms with van der Waals surface area (Å²) in [6.07, 6.45) is 0. The molecule has 2 amide bonds. The van der Waals surface area contributed by atoms with Crippen molar-refractivity contribution in [2.75, 3.05) is 32.1 Å². The Balaban J connectivity index is 2.38. The number of piperazine rings is 1. The fraction of sp³-hybridized carbons (Fsp3) is 0.385. The lowest BCUT2D eigenvalue weighted by atomic mass is 10.3. The molecular weight excluding hydrogens is 310 g/mol. The van der Waals surface area contributed by atoms with E-state index in [0.717, 1.165) is 4.31 Å². The Kier molecular flexibility index (Phi) is 4.67. The zero-order chi connectivity index (χ0) is 16.3. The smallest absolute Gasteiger partial charge is 0.243 e. The van der Waals surface area contributed by atoms with Gasteiger partial charge in [0.2, 0.25) is 21.8 Å². The van der Waals surface area contributed by atoms with Crippen molar-refractivity contribution >= 4 is 27.5 Å². The third-order valence-corrected chi connectivity index (χ3v) is 4.96. The maximum atomic E-state index is 12.6. The maximum absolute atomic E-state index is 12.6. The largest absolute Gasteiger partial charge is 0.495 e. The van der Waals surface area contributed by atoms with Crippen LogP contribution in [0.25, 0.3) is 0 Å². The number of carbonyl (C=O) groups excluding carboxylic acids is 2. The molecule has 0 unspecified atom stereocenters. The van der Waals surface area contributed by atoms with E-state index in [1.807, 2.05) is 0 Å². The number of hydrogen-bond donors (Lipinski definition) is 2. The highest BCUT2D eigenvalue weighted by Gasteiger charge is 2.29. The van der Waals surface area contributed by atoms with Crippen molar-refractivity contribution < 1.29 is 22.7 Å². The summed E-state index contributed by atoms with van der Waals surface area (Å²) in [7, 11) is -2.39. The summed E-state index contributed by atoms with van der Waals surface area (Å²) in [4.78, 5) is 22.6. The number of rotatable bonds is 4. The molecule has 0 bridgehead atoms.